The minimum atomic E-state index is -0.345. The molecule has 1 aromatic heterocycles. The molecule has 1 unspecified atom stereocenters. The lowest BCUT2D eigenvalue weighted by Gasteiger charge is -2.26. The van der Waals surface area contributed by atoms with E-state index in [-0.39, 0.29) is 11.2 Å². The number of anilines is 2. The highest BCUT2D eigenvalue weighted by Gasteiger charge is 2.27. The van der Waals surface area contributed by atoms with Crippen molar-refractivity contribution in [3.05, 3.63) is 96.7 Å². The number of para-hydroxylation sites is 2. The van der Waals surface area contributed by atoms with Gasteiger partial charge in [-0.25, -0.2) is 4.98 Å². The standard InChI is InChI=1S/C26H24N4OS/c1-3-24(32-26-27-18-23(28-29-26)20-16-14-19(2)15-17-20)25(31)30(21-10-6-4-7-11-21)22-12-8-5-9-13-22/h4-18,24H,3H2,1-2H3. The zero-order valence-electron chi connectivity index (χ0n) is 18.1. The molecular formula is C26H24N4OS. The summed E-state index contributed by atoms with van der Waals surface area (Å²) in [5.41, 5.74) is 4.53. The van der Waals surface area contributed by atoms with Gasteiger partial charge in [-0.2, -0.15) is 0 Å². The molecule has 160 valence electrons. The van der Waals surface area contributed by atoms with Gasteiger partial charge in [0.2, 0.25) is 11.1 Å². The average Bonchev–Trinajstić information content (AvgIpc) is 2.85. The summed E-state index contributed by atoms with van der Waals surface area (Å²) in [5, 5.41) is 8.75. The van der Waals surface area contributed by atoms with E-state index in [1.165, 1.54) is 17.3 Å². The first-order valence-electron chi connectivity index (χ1n) is 10.5. The zero-order chi connectivity index (χ0) is 22.3. The second kappa shape index (κ2) is 10.2. The van der Waals surface area contributed by atoms with Gasteiger partial charge in [0.15, 0.2) is 0 Å². The van der Waals surface area contributed by atoms with Crippen LogP contribution in [0.4, 0.5) is 11.4 Å². The first-order valence-corrected chi connectivity index (χ1v) is 11.4. The number of amides is 1. The van der Waals surface area contributed by atoms with Gasteiger partial charge in [0.1, 0.15) is 5.69 Å². The first kappa shape index (κ1) is 21.7. The Morgan fingerprint density at radius 1 is 0.875 bits per heavy atom. The Kier molecular flexibility index (Phi) is 6.92. The van der Waals surface area contributed by atoms with Crippen molar-refractivity contribution in [2.45, 2.75) is 30.7 Å². The number of rotatable bonds is 7. The topological polar surface area (TPSA) is 59.0 Å². The molecular weight excluding hydrogens is 416 g/mol. The number of nitrogens with zero attached hydrogens (tertiary/aromatic N) is 4. The number of thioether (sulfide) groups is 1. The lowest BCUT2D eigenvalue weighted by molar-refractivity contribution is -0.117. The van der Waals surface area contributed by atoms with E-state index in [1.807, 2.05) is 98.8 Å². The summed E-state index contributed by atoms with van der Waals surface area (Å²) in [4.78, 5) is 19.9. The van der Waals surface area contributed by atoms with Crippen molar-refractivity contribution >= 4 is 29.0 Å². The van der Waals surface area contributed by atoms with Crippen LogP contribution in [0.5, 0.6) is 0 Å². The van der Waals surface area contributed by atoms with Crippen LogP contribution >= 0.6 is 11.8 Å². The van der Waals surface area contributed by atoms with Crippen LogP contribution in [0.15, 0.2) is 96.3 Å². The van der Waals surface area contributed by atoms with Crippen molar-refractivity contribution in [2.75, 3.05) is 4.90 Å². The number of carbonyl (C=O) groups is 1. The molecule has 4 rings (SSSR count). The second-order valence-electron chi connectivity index (χ2n) is 7.35. The molecule has 0 bridgehead atoms. The van der Waals surface area contributed by atoms with Crippen molar-refractivity contribution in [3.8, 4) is 11.3 Å². The number of carbonyl (C=O) groups excluding carboxylic acids is 1. The molecule has 0 aliphatic carbocycles. The molecule has 0 N–H and O–H groups in total. The molecule has 0 spiro atoms. The summed E-state index contributed by atoms with van der Waals surface area (Å²) < 4.78 is 0. The van der Waals surface area contributed by atoms with E-state index in [0.717, 1.165) is 16.9 Å². The molecule has 0 aliphatic rings. The van der Waals surface area contributed by atoms with Crippen molar-refractivity contribution in [2.24, 2.45) is 0 Å². The molecule has 0 radical (unpaired) electrons. The van der Waals surface area contributed by atoms with Gasteiger partial charge in [0.05, 0.1) is 11.4 Å². The van der Waals surface area contributed by atoms with E-state index in [0.29, 0.717) is 17.3 Å². The van der Waals surface area contributed by atoms with Crippen LogP contribution in [0.2, 0.25) is 0 Å². The third kappa shape index (κ3) is 5.03. The Morgan fingerprint density at radius 3 is 1.97 bits per heavy atom. The van der Waals surface area contributed by atoms with Crippen molar-refractivity contribution in [1.29, 1.82) is 0 Å². The first-order chi connectivity index (χ1) is 15.7. The summed E-state index contributed by atoms with van der Waals surface area (Å²) in [5.74, 6) is -0.0129. The van der Waals surface area contributed by atoms with Gasteiger partial charge in [0, 0.05) is 16.9 Å². The van der Waals surface area contributed by atoms with Gasteiger partial charge >= 0.3 is 0 Å². The Balaban J connectivity index is 1.56. The maximum Gasteiger partial charge on any atom is 0.245 e. The summed E-state index contributed by atoms with van der Waals surface area (Å²) in [6.07, 6.45) is 2.35. The number of hydrogen-bond acceptors (Lipinski definition) is 5. The highest BCUT2D eigenvalue weighted by molar-refractivity contribution is 8.00. The molecule has 0 aliphatic heterocycles. The summed E-state index contributed by atoms with van der Waals surface area (Å²) in [6.45, 7) is 4.04. The number of aromatic nitrogens is 3. The van der Waals surface area contributed by atoms with Gasteiger partial charge in [-0.3, -0.25) is 9.69 Å². The SMILES string of the molecule is CCC(Sc1ncc(-c2ccc(C)cc2)nn1)C(=O)N(c1ccccc1)c1ccccc1. The van der Waals surface area contributed by atoms with Gasteiger partial charge in [0.25, 0.3) is 0 Å². The molecule has 0 saturated carbocycles. The van der Waals surface area contributed by atoms with Gasteiger partial charge in [-0.1, -0.05) is 84.9 Å². The predicted molar refractivity (Wildman–Crippen MR) is 130 cm³/mol. The quantitative estimate of drug-likeness (QED) is 0.326. The van der Waals surface area contributed by atoms with E-state index < -0.39 is 0 Å². The van der Waals surface area contributed by atoms with E-state index in [2.05, 4.69) is 15.2 Å². The van der Waals surface area contributed by atoms with E-state index >= 15 is 0 Å². The molecule has 0 saturated heterocycles. The Bertz CT molecular complexity index is 1110. The lowest BCUT2D eigenvalue weighted by atomic mass is 10.1. The minimum Gasteiger partial charge on any atom is -0.280 e. The predicted octanol–water partition coefficient (Wildman–Crippen LogP) is 6.08. The van der Waals surface area contributed by atoms with Crippen molar-refractivity contribution in [3.63, 3.8) is 0 Å². The normalized spacial score (nSPS) is 11.7. The Labute approximate surface area is 192 Å². The lowest BCUT2D eigenvalue weighted by Crippen LogP contribution is -2.34. The maximum atomic E-state index is 13.6. The monoisotopic (exact) mass is 440 g/mol. The Morgan fingerprint density at radius 2 is 1.47 bits per heavy atom. The number of hydrogen-bond donors (Lipinski definition) is 0. The number of aryl methyl sites for hydroxylation is 1. The smallest absolute Gasteiger partial charge is 0.245 e. The largest absolute Gasteiger partial charge is 0.280 e. The number of benzene rings is 3. The van der Waals surface area contributed by atoms with Crippen LogP contribution < -0.4 is 4.90 Å². The van der Waals surface area contributed by atoms with Gasteiger partial charge < -0.3 is 0 Å². The van der Waals surface area contributed by atoms with Crippen LogP contribution in [0.1, 0.15) is 18.9 Å². The van der Waals surface area contributed by atoms with Crippen LogP contribution in [-0.4, -0.2) is 26.3 Å². The van der Waals surface area contributed by atoms with Crippen molar-refractivity contribution < 1.29 is 4.79 Å². The highest BCUT2D eigenvalue weighted by Crippen LogP contribution is 2.31. The molecule has 4 aromatic rings. The fourth-order valence-electron chi connectivity index (χ4n) is 3.31. The summed E-state index contributed by atoms with van der Waals surface area (Å²) in [7, 11) is 0. The van der Waals surface area contributed by atoms with Crippen LogP contribution in [0.3, 0.4) is 0 Å². The molecule has 1 heterocycles. The fourth-order valence-corrected chi connectivity index (χ4v) is 4.14. The van der Waals surface area contributed by atoms with Crippen LogP contribution in [0, 0.1) is 6.92 Å². The molecule has 32 heavy (non-hydrogen) atoms. The van der Waals surface area contributed by atoms with E-state index in [9.17, 15) is 4.79 Å². The van der Waals surface area contributed by atoms with Gasteiger partial charge in [-0.15, -0.1) is 10.2 Å². The zero-order valence-corrected chi connectivity index (χ0v) is 18.9. The van der Waals surface area contributed by atoms with Gasteiger partial charge in [-0.05, 0) is 37.6 Å². The van der Waals surface area contributed by atoms with Crippen LogP contribution in [-0.2, 0) is 4.79 Å². The third-order valence-corrected chi connectivity index (χ3v) is 6.25. The van der Waals surface area contributed by atoms with E-state index in [1.54, 1.807) is 11.1 Å². The summed E-state index contributed by atoms with van der Waals surface area (Å²) >= 11 is 1.34. The molecule has 5 nitrogen and oxygen atoms in total. The highest BCUT2D eigenvalue weighted by atomic mass is 32.2. The second-order valence-corrected chi connectivity index (χ2v) is 8.52. The maximum absolute atomic E-state index is 13.6. The molecule has 1 amide bonds. The Hall–Kier alpha value is -3.51. The average molecular weight is 441 g/mol. The fraction of sp³-hybridized carbons (Fsp3) is 0.154. The third-order valence-electron chi connectivity index (χ3n) is 5.03. The minimum absolute atomic E-state index is 0.0129. The van der Waals surface area contributed by atoms with Crippen LogP contribution in [0.25, 0.3) is 11.3 Å². The molecule has 1 atom stereocenters. The molecule has 0 fully saturated rings. The molecule has 6 heteroatoms. The van der Waals surface area contributed by atoms with Crippen molar-refractivity contribution in [1.82, 2.24) is 15.2 Å². The van der Waals surface area contributed by atoms with E-state index in [4.69, 9.17) is 0 Å². The summed E-state index contributed by atoms with van der Waals surface area (Å²) in [6, 6.07) is 27.5. The molecule has 3 aromatic carbocycles.